The zero-order chi connectivity index (χ0) is 17.5. The molecule has 1 amide bonds. The molecule has 2 aromatic rings. The van der Waals surface area contributed by atoms with E-state index in [9.17, 15) is 4.79 Å². The molecule has 0 aliphatic rings. The lowest BCUT2D eigenvalue weighted by Gasteiger charge is -2.16. The number of aryl methyl sites for hydroxylation is 2. The summed E-state index contributed by atoms with van der Waals surface area (Å²) >= 11 is 0. The molecule has 4 nitrogen and oxygen atoms in total. The summed E-state index contributed by atoms with van der Waals surface area (Å²) in [6.07, 6.45) is 0. The number of hydrogen-bond acceptors (Lipinski definition) is 3. The number of nitrogens with one attached hydrogen (secondary N) is 1. The summed E-state index contributed by atoms with van der Waals surface area (Å²) in [5.74, 6) is 1.39. The molecule has 0 aromatic heterocycles. The minimum atomic E-state index is -0.157. The molecule has 0 fully saturated rings. The van der Waals surface area contributed by atoms with Crippen molar-refractivity contribution in [1.82, 2.24) is 5.32 Å². The molecule has 1 N–H and O–H groups in total. The smallest absolute Gasteiger partial charge is 0.258 e. The van der Waals surface area contributed by atoms with Crippen LogP contribution in [0, 0.1) is 20.8 Å². The fourth-order valence-corrected chi connectivity index (χ4v) is 2.24. The Labute approximate surface area is 143 Å². The molecular formula is C20H25NO3. The predicted octanol–water partition coefficient (Wildman–Crippen LogP) is 3.57. The number of hydrogen-bond donors (Lipinski definition) is 1. The van der Waals surface area contributed by atoms with Crippen LogP contribution in [0.25, 0.3) is 0 Å². The number of ether oxygens (including phenoxy) is 2. The van der Waals surface area contributed by atoms with Gasteiger partial charge < -0.3 is 14.8 Å². The van der Waals surface area contributed by atoms with Crippen LogP contribution < -0.4 is 14.8 Å². The second-order valence-electron chi connectivity index (χ2n) is 6.08. The average Bonchev–Trinajstić information content (AvgIpc) is 2.56. The van der Waals surface area contributed by atoms with Crippen molar-refractivity contribution in [2.75, 3.05) is 13.2 Å². The minimum Gasteiger partial charge on any atom is -0.491 e. The zero-order valence-electron chi connectivity index (χ0n) is 14.8. The standard InChI is InChI=1S/C20H25NO3/c1-14-8-10-18(11-9-14)23-12-16(3)21-20(22)13-24-19-7-5-6-15(2)17(19)4/h5-11,16H,12-13H2,1-4H3,(H,21,22)/t16-/m0/s1. The summed E-state index contributed by atoms with van der Waals surface area (Å²) in [5, 5.41) is 2.88. The van der Waals surface area contributed by atoms with Crippen LogP contribution in [-0.2, 0) is 4.79 Å². The molecule has 0 aliphatic heterocycles. The first-order chi connectivity index (χ1) is 11.5. The van der Waals surface area contributed by atoms with Crippen molar-refractivity contribution in [3.8, 4) is 11.5 Å². The zero-order valence-corrected chi connectivity index (χ0v) is 14.8. The van der Waals surface area contributed by atoms with E-state index in [2.05, 4.69) is 5.32 Å². The molecule has 24 heavy (non-hydrogen) atoms. The van der Waals surface area contributed by atoms with Crippen LogP contribution in [0.2, 0.25) is 0 Å². The van der Waals surface area contributed by atoms with Crippen LogP contribution in [0.3, 0.4) is 0 Å². The molecule has 0 bridgehead atoms. The van der Waals surface area contributed by atoms with Crippen LogP contribution in [0.5, 0.6) is 11.5 Å². The lowest BCUT2D eigenvalue weighted by atomic mass is 10.1. The molecule has 0 unspecified atom stereocenters. The van der Waals surface area contributed by atoms with Gasteiger partial charge in [0, 0.05) is 0 Å². The number of benzene rings is 2. The van der Waals surface area contributed by atoms with Gasteiger partial charge in [-0.15, -0.1) is 0 Å². The van der Waals surface area contributed by atoms with E-state index in [0.717, 1.165) is 22.6 Å². The maximum absolute atomic E-state index is 12.0. The van der Waals surface area contributed by atoms with E-state index in [1.165, 1.54) is 5.56 Å². The van der Waals surface area contributed by atoms with Crippen molar-refractivity contribution in [3.05, 3.63) is 59.2 Å². The first kappa shape index (κ1) is 17.9. The van der Waals surface area contributed by atoms with Gasteiger partial charge in [0.05, 0.1) is 6.04 Å². The molecule has 0 saturated carbocycles. The Balaban J connectivity index is 1.75. The van der Waals surface area contributed by atoms with Crippen LogP contribution in [0.1, 0.15) is 23.6 Å². The van der Waals surface area contributed by atoms with E-state index in [1.54, 1.807) is 0 Å². The van der Waals surface area contributed by atoms with E-state index >= 15 is 0 Å². The van der Waals surface area contributed by atoms with Gasteiger partial charge in [-0.2, -0.15) is 0 Å². The van der Waals surface area contributed by atoms with Crippen LogP contribution in [0.4, 0.5) is 0 Å². The highest BCUT2D eigenvalue weighted by atomic mass is 16.5. The SMILES string of the molecule is Cc1ccc(OC[C@H](C)NC(=O)COc2cccc(C)c2C)cc1. The van der Waals surface area contributed by atoms with Gasteiger partial charge in [-0.3, -0.25) is 4.79 Å². The largest absolute Gasteiger partial charge is 0.491 e. The number of amides is 1. The maximum Gasteiger partial charge on any atom is 0.258 e. The highest BCUT2D eigenvalue weighted by Gasteiger charge is 2.10. The topological polar surface area (TPSA) is 47.6 Å². The molecule has 128 valence electrons. The quantitative estimate of drug-likeness (QED) is 0.845. The van der Waals surface area contributed by atoms with E-state index in [1.807, 2.05) is 70.2 Å². The molecule has 0 radical (unpaired) electrons. The monoisotopic (exact) mass is 327 g/mol. The van der Waals surface area contributed by atoms with E-state index in [-0.39, 0.29) is 18.6 Å². The van der Waals surface area contributed by atoms with Gasteiger partial charge >= 0.3 is 0 Å². The molecule has 2 rings (SSSR count). The van der Waals surface area contributed by atoms with Gasteiger partial charge in [0.1, 0.15) is 18.1 Å². The molecule has 4 heteroatoms. The van der Waals surface area contributed by atoms with Gasteiger partial charge in [0.2, 0.25) is 0 Å². The first-order valence-electron chi connectivity index (χ1n) is 8.13. The molecule has 0 aliphatic carbocycles. The highest BCUT2D eigenvalue weighted by molar-refractivity contribution is 5.77. The highest BCUT2D eigenvalue weighted by Crippen LogP contribution is 2.20. The summed E-state index contributed by atoms with van der Waals surface area (Å²) in [4.78, 5) is 12.0. The van der Waals surface area contributed by atoms with Crippen LogP contribution >= 0.6 is 0 Å². The summed E-state index contributed by atoms with van der Waals surface area (Å²) in [6, 6.07) is 13.6. The van der Waals surface area contributed by atoms with Gasteiger partial charge in [0.15, 0.2) is 6.61 Å². The third-order valence-electron chi connectivity index (χ3n) is 3.84. The number of rotatable bonds is 7. The Kier molecular flexibility index (Phi) is 6.24. The normalized spacial score (nSPS) is 11.7. The van der Waals surface area contributed by atoms with E-state index < -0.39 is 0 Å². The molecular weight excluding hydrogens is 302 g/mol. The third kappa shape index (κ3) is 5.30. The molecule has 2 aromatic carbocycles. The van der Waals surface area contributed by atoms with E-state index in [4.69, 9.17) is 9.47 Å². The van der Waals surface area contributed by atoms with Gasteiger partial charge in [-0.1, -0.05) is 29.8 Å². The summed E-state index contributed by atoms with van der Waals surface area (Å²) in [5.41, 5.74) is 3.39. The Morgan fingerprint density at radius 2 is 1.75 bits per heavy atom. The van der Waals surface area contributed by atoms with Crippen molar-refractivity contribution in [3.63, 3.8) is 0 Å². The summed E-state index contributed by atoms with van der Waals surface area (Å²) < 4.78 is 11.3. The Bertz CT molecular complexity index is 680. The van der Waals surface area contributed by atoms with Crippen LogP contribution in [0.15, 0.2) is 42.5 Å². The minimum absolute atomic E-state index is 0.000828. The Hall–Kier alpha value is -2.49. The maximum atomic E-state index is 12.0. The van der Waals surface area contributed by atoms with Gasteiger partial charge in [-0.25, -0.2) is 0 Å². The average molecular weight is 327 g/mol. The van der Waals surface area contributed by atoms with Gasteiger partial charge in [-0.05, 0) is 57.0 Å². The molecule has 0 spiro atoms. The first-order valence-corrected chi connectivity index (χ1v) is 8.13. The second-order valence-corrected chi connectivity index (χ2v) is 6.08. The second kappa shape index (κ2) is 8.39. The Morgan fingerprint density at radius 3 is 2.46 bits per heavy atom. The van der Waals surface area contributed by atoms with Crippen molar-refractivity contribution < 1.29 is 14.3 Å². The molecule has 0 saturated heterocycles. The fraction of sp³-hybridized carbons (Fsp3) is 0.350. The van der Waals surface area contributed by atoms with Gasteiger partial charge in [0.25, 0.3) is 5.91 Å². The van der Waals surface area contributed by atoms with E-state index in [0.29, 0.717) is 6.61 Å². The number of carbonyl (C=O) groups is 1. The van der Waals surface area contributed by atoms with Crippen molar-refractivity contribution in [2.24, 2.45) is 0 Å². The third-order valence-corrected chi connectivity index (χ3v) is 3.84. The molecule has 0 heterocycles. The predicted molar refractivity (Wildman–Crippen MR) is 95.7 cm³/mol. The fourth-order valence-electron chi connectivity index (χ4n) is 2.24. The Morgan fingerprint density at radius 1 is 1.04 bits per heavy atom. The van der Waals surface area contributed by atoms with Crippen molar-refractivity contribution in [1.29, 1.82) is 0 Å². The lowest BCUT2D eigenvalue weighted by Crippen LogP contribution is -2.39. The molecule has 1 atom stereocenters. The lowest BCUT2D eigenvalue weighted by molar-refractivity contribution is -0.123. The van der Waals surface area contributed by atoms with Crippen molar-refractivity contribution in [2.45, 2.75) is 33.7 Å². The number of carbonyl (C=O) groups excluding carboxylic acids is 1. The summed E-state index contributed by atoms with van der Waals surface area (Å²) in [7, 11) is 0. The summed E-state index contributed by atoms with van der Waals surface area (Å²) in [6.45, 7) is 8.36. The van der Waals surface area contributed by atoms with Crippen molar-refractivity contribution >= 4 is 5.91 Å². The van der Waals surface area contributed by atoms with Crippen LogP contribution in [-0.4, -0.2) is 25.2 Å².